The highest BCUT2D eigenvalue weighted by atomic mass is 32.2. The maximum atomic E-state index is 13.0. The summed E-state index contributed by atoms with van der Waals surface area (Å²) in [5.41, 5.74) is 0. The Morgan fingerprint density at radius 3 is 2.89 bits per heavy atom. The van der Waals surface area contributed by atoms with Gasteiger partial charge in [-0.15, -0.1) is 11.3 Å². The van der Waals surface area contributed by atoms with Gasteiger partial charge in [-0.1, -0.05) is 0 Å². The maximum absolute atomic E-state index is 13.0. The van der Waals surface area contributed by atoms with Crippen LogP contribution in [0.3, 0.4) is 0 Å². The number of esters is 1. The Bertz CT molecular complexity index is 914. The molecule has 11 heteroatoms. The lowest BCUT2D eigenvalue weighted by atomic mass is 10.1. The first kappa shape index (κ1) is 19.5. The first-order valence-corrected chi connectivity index (χ1v) is 10.5. The van der Waals surface area contributed by atoms with Gasteiger partial charge < -0.3 is 14.2 Å². The second-order valence-corrected chi connectivity index (χ2v) is 8.55. The number of ether oxygens (including phenoxy) is 3. The van der Waals surface area contributed by atoms with Gasteiger partial charge in [-0.05, 0) is 24.3 Å². The third kappa shape index (κ3) is 4.20. The van der Waals surface area contributed by atoms with Crippen molar-refractivity contribution >= 4 is 27.3 Å². The largest absolute Gasteiger partial charge is 0.473 e. The molecule has 1 fully saturated rings. The summed E-state index contributed by atoms with van der Waals surface area (Å²) < 4.78 is 42.8. The van der Waals surface area contributed by atoms with Crippen molar-refractivity contribution < 1.29 is 27.4 Å². The van der Waals surface area contributed by atoms with E-state index in [-0.39, 0.29) is 28.4 Å². The van der Waals surface area contributed by atoms with Crippen molar-refractivity contribution in [2.24, 2.45) is 0 Å². The van der Waals surface area contributed by atoms with E-state index in [0.29, 0.717) is 25.3 Å². The third-order valence-corrected chi connectivity index (χ3v) is 6.97. The Hall–Kier alpha value is -2.24. The van der Waals surface area contributed by atoms with Gasteiger partial charge >= 0.3 is 12.0 Å². The summed E-state index contributed by atoms with van der Waals surface area (Å²) in [6, 6.07) is 3.18. The van der Waals surface area contributed by atoms with Crippen molar-refractivity contribution in [2.75, 3.05) is 27.3 Å². The molecule has 9 nitrogen and oxygen atoms in total. The lowest BCUT2D eigenvalue weighted by Crippen LogP contribution is -2.44. The van der Waals surface area contributed by atoms with Crippen molar-refractivity contribution in [3.05, 3.63) is 28.6 Å². The van der Waals surface area contributed by atoms with E-state index in [0.717, 1.165) is 11.3 Å². The molecule has 0 saturated carbocycles. The van der Waals surface area contributed by atoms with Gasteiger partial charge in [-0.2, -0.15) is 9.29 Å². The summed E-state index contributed by atoms with van der Waals surface area (Å²) >= 11 is 1.04. The number of thiophene rings is 1. The van der Waals surface area contributed by atoms with Crippen LogP contribution in [0.2, 0.25) is 0 Å². The Kier molecular flexibility index (Phi) is 5.92. The van der Waals surface area contributed by atoms with E-state index >= 15 is 0 Å². The highest BCUT2D eigenvalue weighted by molar-refractivity contribution is 7.89. The smallest absolute Gasteiger partial charge is 0.349 e. The number of aromatic nitrogens is 2. The second-order valence-electron chi connectivity index (χ2n) is 5.73. The molecule has 3 heterocycles. The fourth-order valence-corrected chi connectivity index (χ4v) is 5.58. The van der Waals surface area contributed by atoms with Gasteiger partial charge in [-0.3, -0.25) is 0 Å². The number of methoxy groups -OCH3 is 2. The number of piperidine rings is 1. The fourth-order valence-electron chi connectivity index (χ4n) is 2.76. The molecular formula is C16H19N3O6S2. The van der Waals surface area contributed by atoms with Crippen molar-refractivity contribution in [3.63, 3.8) is 0 Å². The molecule has 3 rings (SSSR count). The topological polar surface area (TPSA) is 108 Å². The quantitative estimate of drug-likeness (QED) is 0.657. The molecule has 0 spiro atoms. The molecular weight excluding hydrogens is 394 g/mol. The van der Waals surface area contributed by atoms with Crippen LogP contribution in [0.1, 0.15) is 22.5 Å². The van der Waals surface area contributed by atoms with E-state index in [2.05, 4.69) is 14.7 Å². The summed E-state index contributed by atoms with van der Waals surface area (Å²) in [6.45, 7) is 0.511. The molecule has 0 aromatic carbocycles. The van der Waals surface area contributed by atoms with Gasteiger partial charge in [0.15, 0.2) is 0 Å². The molecule has 1 saturated heterocycles. The number of carbonyl (C=O) groups is 1. The predicted molar refractivity (Wildman–Crippen MR) is 96.7 cm³/mol. The summed E-state index contributed by atoms with van der Waals surface area (Å²) in [6.07, 6.45) is 2.45. The summed E-state index contributed by atoms with van der Waals surface area (Å²) in [5, 5.41) is 1.56. The van der Waals surface area contributed by atoms with Crippen molar-refractivity contribution in [1.82, 2.24) is 14.3 Å². The minimum Gasteiger partial charge on any atom is -0.473 e. The predicted octanol–water partition coefficient (Wildman–Crippen LogP) is 1.57. The molecule has 1 unspecified atom stereocenters. The molecule has 1 aliphatic heterocycles. The average molecular weight is 413 g/mol. The number of hydrogen-bond donors (Lipinski definition) is 0. The van der Waals surface area contributed by atoms with Crippen LogP contribution in [0, 0.1) is 0 Å². The number of sulfonamides is 1. The van der Waals surface area contributed by atoms with Crippen LogP contribution in [0.5, 0.6) is 11.9 Å². The lowest BCUT2D eigenvalue weighted by molar-refractivity contribution is 0.0602. The monoisotopic (exact) mass is 413 g/mol. The van der Waals surface area contributed by atoms with Crippen molar-refractivity contribution in [2.45, 2.75) is 23.8 Å². The maximum Gasteiger partial charge on any atom is 0.349 e. The zero-order valence-electron chi connectivity index (χ0n) is 14.8. The minimum atomic E-state index is -3.84. The van der Waals surface area contributed by atoms with Crippen LogP contribution in [0.15, 0.2) is 28.6 Å². The molecule has 0 N–H and O–H groups in total. The number of hydrogen-bond acceptors (Lipinski definition) is 9. The molecule has 2 aromatic heterocycles. The Morgan fingerprint density at radius 2 is 2.15 bits per heavy atom. The first-order valence-electron chi connectivity index (χ1n) is 8.15. The Morgan fingerprint density at radius 1 is 1.33 bits per heavy atom. The molecule has 0 amide bonds. The summed E-state index contributed by atoms with van der Waals surface area (Å²) in [5.74, 6) is -0.349. The van der Waals surface area contributed by atoms with E-state index in [1.165, 1.54) is 30.8 Å². The molecule has 0 radical (unpaired) electrons. The molecule has 0 aliphatic carbocycles. The molecule has 0 bridgehead atoms. The van der Waals surface area contributed by atoms with E-state index in [1.54, 1.807) is 11.4 Å². The van der Waals surface area contributed by atoms with E-state index in [9.17, 15) is 13.2 Å². The van der Waals surface area contributed by atoms with E-state index in [1.807, 2.05) is 0 Å². The second kappa shape index (κ2) is 8.19. The number of rotatable bonds is 6. The third-order valence-electron chi connectivity index (χ3n) is 4.04. The molecule has 27 heavy (non-hydrogen) atoms. The molecule has 2 aromatic rings. The van der Waals surface area contributed by atoms with E-state index in [4.69, 9.17) is 9.47 Å². The summed E-state index contributed by atoms with van der Waals surface area (Å²) in [7, 11) is -1.16. The average Bonchev–Trinajstić information content (AvgIpc) is 3.18. The zero-order valence-corrected chi connectivity index (χ0v) is 16.5. The highest BCUT2D eigenvalue weighted by Crippen LogP contribution is 2.28. The standard InChI is InChI=1S/C16H19N3O6S2/c1-23-15(20)14-12(6-9-26-14)27(21,22)19-8-3-4-11(10-19)25-13-5-7-17-16(18-13)24-2/h5-7,9,11H,3-4,8,10H2,1-2H3. The van der Waals surface area contributed by atoms with Crippen molar-refractivity contribution in [1.29, 1.82) is 0 Å². The molecule has 1 atom stereocenters. The van der Waals surface area contributed by atoms with Gasteiger partial charge in [0.25, 0.3) is 0 Å². The van der Waals surface area contributed by atoms with Crippen molar-refractivity contribution in [3.8, 4) is 11.9 Å². The van der Waals surface area contributed by atoms with Gasteiger partial charge in [0.1, 0.15) is 15.9 Å². The molecule has 146 valence electrons. The van der Waals surface area contributed by atoms with E-state index < -0.39 is 16.0 Å². The van der Waals surface area contributed by atoms with Gasteiger partial charge in [0.2, 0.25) is 15.9 Å². The molecule has 1 aliphatic rings. The number of carbonyl (C=O) groups excluding carboxylic acids is 1. The Balaban J connectivity index is 1.77. The van der Waals surface area contributed by atoms with Crippen LogP contribution in [-0.2, 0) is 14.8 Å². The van der Waals surface area contributed by atoms with Gasteiger partial charge in [0.05, 0.1) is 20.8 Å². The zero-order chi connectivity index (χ0) is 19.4. The van der Waals surface area contributed by atoms with Crippen LogP contribution in [0.4, 0.5) is 0 Å². The van der Waals surface area contributed by atoms with Crippen LogP contribution >= 0.6 is 11.3 Å². The lowest BCUT2D eigenvalue weighted by Gasteiger charge is -2.31. The SMILES string of the molecule is COC(=O)c1sccc1S(=O)(=O)N1CCCC(Oc2ccnc(OC)n2)C1. The van der Waals surface area contributed by atoms with Gasteiger partial charge in [0, 0.05) is 18.8 Å². The van der Waals surface area contributed by atoms with Crippen LogP contribution < -0.4 is 9.47 Å². The Labute approximate surface area is 161 Å². The first-order chi connectivity index (χ1) is 13.0. The van der Waals surface area contributed by atoms with Crippen LogP contribution in [0.25, 0.3) is 0 Å². The number of nitrogens with zero attached hydrogens (tertiary/aromatic N) is 3. The van der Waals surface area contributed by atoms with Crippen LogP contribution in [-0.4, -0.2) is 62.1 Å². The van der Waals surface area contributed by atoms with Gasteiger partial charge in [-0.25, -0.2) is 18.2 Å². The minimum absolute atomic E-state index is 0.0382. The fraction of sp³-hybridized carbons (Fsp3) is 0.438. The highest BCUT2D eigenvalue weighted by Gasteiger charge is 2.34. The normalized spacial score (nSPS) is 18.1. The summed E-state index contributed by atoms with van der Waals surface area (Å²) in [4.78, 5) is 19.9.